The van der Waals surface area contributed by atoms with Crippen LogP contribution >= 0.6 is 11.6 Å². The molecule has 0 unspecified atom stereocenters. The molecule has 0 saturated heterocycles. The molecule has 1 aliphatic heterocycles. The van der Waals surface area contributed by atoms with E-state index in [0.29, 0.717) is 23.6 Å². The smallest absolute Gasteiger partial charge is 0.259 e. The molecule has 1 heterocycles. The van der Waals surface area contributed by atoms with Crippen molar-refractivity contribution >= 4 is 45.8 Å². The fourth-order valence-electron chi connectivity index (χ4n) is 4.57. The third-order valence-corrected chi connectivity index (χ3v) is 6.68. The Morgan fingerprint density at radius 1 is 1.03 bits per heavy atom. The highest BCUT2D eigenvalue weighted by Crippen LogP contribution is 2.37. The Hall–Kier alpha value is -3.38. The van der Waals surface area contributed by atoms with Gasteiger partial charge in [0, 0.05) is 29.1 Å². The third kappa shape index (κ3) is 5.17. The van der Waals surface area contributed by atoms with E-state index in [4.69, 9.17) is 11.6 Å². The monoisotopic (exact) mass is 491 g/mol. The number of unbranched alkanes of at least 4 members (excludes halogenated alkanes) is 1. The van der Waals surface area contributed by atoms with Gasteiger partial charge in [-0.05, 0) is 48.1 Å². The van der Waals surface area contributed by atoms with Crippen LogP contribution in [0.3, 0.4) is 0 Å². The molecule has 35 heavy (non-hydrogen) atoms. The number of amides is 3. The largest absolute Gasteiger partial charge is 0.354 e. The highest BCUT2D eigenvalue weighted by atomic mass is 35.5. The van der Waals surface area contributed by atoms with E-state index >= 15 is 0 Å². The first-order chi connectivity index (χ1) is 16.9. The zero-order valence-electron chi connectivity index (χ0n) is 20.1. The zero-order valence-corrected chi connectivity index (χ0v) is 20.8. The minimum atomic E-state index is -0.647. The third-order valence-electron chi connectivity index (χ3n) is 6.42. The number of benzene rings is 3. The van der Waals surface area contributed by atoms with Crippen LogP contribution in [0.15, 0.2) is 60.7 Å². The summed E-state index contributed by atoms with van der Waals surface area (Å²) < 4.78 is 0. The van der Waals surface area contributed by atoms with Gasteiger partial charge in [0.05, 0.1) is 5.69 Å². The Balaban J connectivity index is 1.62. The van der Waals surface area contributed by atoms with E-state index in [1.165, 1.54) is 4.90 Å². The van der Waals surface area contributed by atoms with Gasteiger partial charge in [0.25, 0.3) is 5.91 Å². The van der Waals surface area contributed by atoms with E-state index in [2.05, 4.69) is 12.2 Å². The Kier molecular flexibility index (Phi) is 7.71. The predicted octanol–water partition coefficient (Wildman–Crippen LogP) is 5.18. The van der Waals surface area contributed by atoms with Crippen molar-refractivity contribution in [2.75, 3.05) is 18.0 Å². The summed E-state index contributed by atoms with van der Waals surface area (Å²) in [6.07, 6.45) is 2.30. The second-order valence-electron chi connectivity index (χ2n) is 8.79. The average Bonchev–Trinajstić information content (AvgIpc) is 3.13. The summed E-state index contributed by atoms with van der Waals surface area (Å²) in [5.74, 6) is -0.658. The van der Waals surface area contributed by atoms with Crippen LogP contribution in [-0.2, 0) is 16.1 Å². The van der Waals surface area contributed by atoms with Crippen molar-refractivity contribution < 1.29 is 14.4 Å². The van der Waals surface area contributed by atoms with Gasteiger partial charge in [0.15, 0.2) is 0 Å². The number of anilines is 1. The quantitative estimate of drug-likeness (QED) is 0.397. The van der Waals surface area contributed by atoms with Crippen LogP contribution in [0.4, 0.5) is 5.69 Å². The second-order valence-corrected chi connectivity index (χ2v) is 9.23. The Morgan fingerprint density at radius 2 is 1.74 bits per heavy atom. The molecule has 3 amide bonds. The van der Waals surface area contributed by atoms with Gasteiger partial charge in [-0.3, -0.25) is 19.3 Å². The minimum Gasteiger partial charge on any atom is -0.354 e. The topological polar surface area (TPSA) is 69.7 Å². The number of rotatable bonds is 10. The molecule has 0 aliphatic carbocycles. The molecule has 0 radical (unpaired) electrons. The van der Waals surface area contributed by atoms with Crippen LogP contribution in [-0.4, -0.2) is 41.8 Å². The lowest BCUT2D eigenvalue weighted by molar-refractivity contribution is -0.140. The molecular formula is C28H30ClN3O3. The number of hydrogen-bond donors (Lipinski definition) is 1. The molecule has 0 aromatic heterocycles. The van der Waals surface area contributed by atoms with Crippen molar-refractivity contribution in [3.63, 3.8) is 0 Å². The molecule has 0 bridgehead atoms. The number of carbonyl (C=O) groups is 3. The van der Waals surface area contributed by atoms with Crippen molar-refractivity contribution in [2.45, 2.75) is 45.7 Å². The van der Waals surface area contributed by atoms with Crippen LogP contribution in [0.1, 0.15) is 49.0 Å². The van der Waals surface area contributed by atoms with Crippen molar-refractivity contribution in [1.82, 2.24) is 10.2 Å². The van der Waals surface area contributed by atoms with Crippen molar-refractivity contribution in [3.8, 4) is 0 Å². The number of hydrogen-bond acceptors (Lipinski definition) is 3. The van der Waals surface area contributed by atoms with Crippen molar-refractivity contribution in [2.24, 2.45) is 0 Å². The molecule has 1 atom stereocenters. The Morgan fingerprint density at radius 3 is 2.43 bits per heavy atom. The maximum Gasteiger partial charge on any atom is 0.259 e. The van der Waals surface area contributed by atoms with Gasteiger partial charge in [-0.2, -0.15) is 0 Å². The van der Waals surface area contributed by atoms with Crippen LogP contribution in [0.2, 0.25) is 5.02 Å². The molecule has 182 valence electrons. The van der Waals surface area contributed by atoms with Gasteiger partial charge in [0.2, 0.25) is 11.8 Å². The molecule has 1 N–H and O–H groups in total. The number of nitrogens with zero attached hydrogens (tertiary/aromatic N) is 2. The van der Waals surface area contributed by atoms with Crippen molar-refractivity contribution in [1.29, 1.82) is 0 Å². The highest BCUT2D eigenvalue weighted by Gasteiger charge is 2.35. The van der Waals surface area contributed by atoms with Crippen LogP contribution in [0, 0.1) is 0 Å². The first-order valence-corrected chi connectivity index (χ1v) is 12.5. The van der Waals surface area contributed by atoms with E-state index in [-0.39, 0.29) is 30.8 Å². The van der Waals surface area contributed by atoms with E-state index in [9.17, 15) is 14.4 Å². The molecule has 3 aromatic rings. The van der Waals surface area contributed by atoms with E-state index < -0.39 is 6.04 Å². The fourth-order valence-corrected chi connectivity index (χ4v) is 4.70. The van der Waals surface area contributed by atoms with Gasteiger partial charge >= 0.3 is 0 Å². The summed E-state index contributed by atoms with van der Waals surface area (Å²) in [5.41, 5.74) is 2.18. The second kappa shape index (κ2) is 10.9. The first-order valence-electron chi connectivity index (χ1n) is 12.1. The summed E-state index contributed by atoms with van der Waals surface area (Å²) in [5, 5.41) is 5.39. The van der Waals surface area contributed by atoms with Gasteiger partial charge in [-0.25, -0.2) is 0 Å². The van der Waals surface area contributed by atoms with Gasteiger partial charge in [-0.15, -0.1) is 0 Å². The van der Waals surface area contributed by atoms with E-state index in [1.54, 1.807) is 23.1 Å². The van der Waals surface area contributed by atoms with E-state index in [1.807, 2.05) is 49.4 Å². The number of halogens is 1. The van der Waals surface area contributed by atoms with Gasteiger partial charge < -0.3 is 10.2 Å². The normalized spacial score (nSPS) is 13.2. The van der Waals surface area contributed by atoms with Crippen LogP contribution < -0.4 is 10.2 Å². The average molecular weight is 492 g/mol. The molecule has 3 aromatic carbocycles. The SMILES string of the molecule is CCCCNC(=O)[C@@H](CC)N(Cc1ccc(Cl)cc1)C(=O)CN1C(=O)c2cccc3cccc1c23. The number of carbonyl (C=O) groups excluding carboxylic acids is 3. The Labute approximate surface area is 210 Å². The van der Waals surface area contributed by atoms with Crippen LogP contribution in [0.25, 0.3) is 10.8 Å². The van der Waals surface area contributed by atoms with Crippen molar-refractivity contribution in [3.05, 3.63) is 76.8 Å². The summed E-state index contributed by atoms with van der Waals surface area (Å²) in [4.78, 5) is 43.2. The lowest BCUT2D eigenvalue weighted by Crippen LogP contribution is -2.52. The summed E-state index contributed by atoms with van der Waals surface area (Å²) in [6.45, 7) is 4.62. The zero-order chi connectivity index (χ0) is 24.9. The molecule has 0 fully saturated rings. The van der Waals surface area contributed by atoms with Gasteiger partial charge in [0.1, 0.15) is 12.6 Å². The lowest BCUT2D eigenvalue weighted by Gasteiger charge is -2.32. The summed E-state index contributed by atoms with van der Waals surface area (Å²) in [7, 11) is 0. The number of nitrogens with one attached hydrogen (secondary N) is 1. The molecule has 4 rings (SSSR count). The van der Waals surface area contributed by atoms with E-state index in [0.717, 1.165) is 34.9 Å². The fraction of sp³-hybridized carbons (Fsp3) is 0.321. The molecule has 6 nitrogen and oxygen atoms in total. The molecular weight excluding hydrogens is 462 g/mol. The maximum atomic E-state index is 13.7. The minimum absolute atomic E-state index is 0.140. The predicted molar refractivity (Wildman–Crippen MR) is 140 cm³/mol. The van der Waals surface area contributed by atoms with Gasteiger partial charge in [-0.1, -0.05) is 68.3 Å². The maximum absolute atomic E-state index is 13.7. The summed E-state index contributed by atoms with van der Waals surface area (Å²) >= 11 is 6.05. The first kappa shape index (κ1) is 24.7. The standard InChI is InChI=1S/C28H30ClN3O3/c1-3-5-16-30-27(34)23(4-2)31(17-19-12-14-21(29)15-13-19)25(33)18-32-24-11-7-9-20-8-6-10-22(26(20)24)28(32)35/h6-15,23H,3-5,16-18H2,1-2H3,(H,30,34)/t23-/m1/s1. The molecule has 0 spiro atoms. The Bertz CT molecular complexity index is 1240. The highest BCUT2D eigenvalue weighted by molar-refractivity contribution is 6.30. The van der Waals surface area contributed by atoms with Crippen LogP contribution in [0.5, 0.6) is 0 Å². The molecule has 1 aliphatic rings. The lowest BCUT2D eigenvalue weighted by atomic mass is 10.1. The molecule has 0 saturated carbocycles. The molecule has 7 heteroatoms. The summed E-state index contributed by atoms with van der Waals surface area (Å²) in [6, 6.07) is 17.9.